The summed E-state index contributed by atoms with van der Waals surface area (Å²) in [6, 6.07) is 9.62. The van der Waals surface area contributed by atoms with E-state index in [9.17, 15) is 22.8 Å². The van der Waals surface area contributed by atoms with E-state index in [0.717, 1.165) is 0 Å². The van der Waals surface area contributed by atoms with E-state index in [1.807, 2.05) is 0 Å². The van der Waals surface area contributed by atoms with Crippen LogP contribution in [0.5, 0.6) is 11.5 Å². The third-order valence-electron chi connectivity index (χ3n) is 4.40. The third-order valence-corrected chi connectivity index (χ3v) is 5.44. The van der Waals surface area contributed by atoms with Crippen LogP contribution in [0.15, 0.2) is 43.0 Å². The molecule has 0 aromatic heterocycles. The zero-order chi connectivity index (χ0) is 24.8. The number of benzene rings is 2. The minimum absolute atomic E-state index is 0.00763. The molecular weight excluding hydrogens is 455 g/mol. The van der Waals surface area contributed by atoms with Crippen molar-refractivity contribution in [3.05, 3.63) is 59.7 Å². The van der Waals surface area contributed by atoms with Crippen molar-refractivity contribution >= 4 is 35.4 Å². The molecule has 2 aromatic carbocycles. The minimum Gasteiger partial charge on any atom is -0.481 e. The molecule has 5 nitrogen and oxygen atoms in total. The molecule has 0 atom stereocenters. The van der Waals surface area contributed by atoms with Gasteiger partial charge in [0.25, 0.3) is 0 Å². The first kappa shape index (κ1) is 26.3. The summed E-state index contributed by atoms with van der Waals surface area (Å²) in [5, 5.41) is 11.8. The number of carboxylic acids is 1. The number of carboxylic acid groups (broad SMARTS) is 1. The van der Waals surface area contributed by atoms with E-state index in [4.69, 9.17) is 9.84 Å². The summed E-state index contributed by atoms with van der Waals surface area (Å²) >= 11 is 0.677. The molecule has 0 radical (unpaired) electrons. The number of ether oxygens (including phenoxy) is 1. The van der Waals surface area contributed by atoms with Crippen LogP contribution in [0.3, 0.4) is 0 Å². The average Bonchev–Trinajstić information content (AvgIpc) is 2.68. The molecule has 2 aromatic rings. The fraction of sp³-hybridized carbons (Fsp3) is 0.333. The van der Waals surface area contributed by atoms with E-state index >= 15 is 0 Å². The largest absolute Gasteiger partial charge is 0.481 e. The number of hydrogen-bond donors (Lipinski definition) is 2. The van der Waals surface area contributed by atoms with E-state index in [2.05, 4.69) is 11.9 Å². The molecule has 178 valence electrons. The first-order chi connectivity index (χ1) is 15.3. The molecule has 0 aliphatic carbocycles. The highest BCUT2D eigenvalue weighted by Crippen LogP contribution is 2.35. The number of carbonyl (C=O) groups is 2. The van der Waals surface area contributed by atoms with Crippen molar-refractivity contribution in [3.63, 3.8) is 0 Å². The second-order valence-corrected chi connectivity index (χ2v) is 9.37. The van der Waals surface area contributed by atoms with Crippen LogP contribution in [0.25, 0.3) is 6.08 Å². The Hall–Kier alpha value is -2.94. The van der Waals surface area contributed by atoms with Crippen molar-refractivity contribution in [2.24, 2.45) is 5.41 Å². The van der Waals surface area contributed by atoms with Crippen LogP contribution >= 0.6 is 11.8 Å². The van der Waals surface area contributed by atoms with Gasteiger partial charge in [-0.15, -0.1) is 11.8 Å². The van der Waals surface area contributed by atoms with Gasteiger partial charge >= 0.3 is 12.1 Å². The summed E-state index contributed by atoms with van der Waals surface area (Å²) in [5.41, 5.74) is 1.35. The van der Waals surface area contributed by atoms with Crippen LogP contribution < -0.4 is 10.1 Å². The first-order valence-corrected chi connectivity index (χ1v) is 11.2. The maximum absolute atomic E-state index is 12.7. The van der Waals surface area contributed by atoms with Crippen molar-refractivity contribution in [3.8, 4) is 11.5 Å². The van der Waals surface area contributed by atoms with Crippen LogP contribution in [0.2, 0.25) is 0 Å². The Bertz CT molecular complexity index is 1030. The molecule has 0 fully saturated rings. The standard InChI is InChI=1S/C24H26F3NO4S/c1-5-16-7-6-15(11-21(29)30)10-20(16)32-19-9-8-18(28-22(31)23(2,3)4)12-17(19)13-33-14-24(25,26)27/h5-10,12H,1,11,13-14H2,2-4H3,(H,28,31)(H,29,30). The molecule has 9 heteroatoms. The smallest absolute Gasteiger partial charge is 0.397 e. The molecule has 0 spiro atoms. The highest BCUT2D eigenvalue weighted by atomic mass is 32.2. The second-order valence-electron chi connectivity index (χ2n) is 8.38. The highest BCUT2D eigenvalue weighted by Gasteiger charge is 2.27. The molecular formula is C24H26F3NO4S. The lowest BCUT2D eigenvalue weighted by atomic mass is 9.95. The van der Waals surface area contributed by atoms with Gasteiger partial charge in [-0.3, -0.25) is 9.59 Å². The Labute approximate surface area is 195 Å². The van der Waals surface area contributed by atoms with Gasteiger partial charge in [-0.05, 0) is 29.8 Å². The fourth-order valence-corrected chi connectivity index (χ4v) is 3.48. The summed E-state index contributed by atoms with van der Waals surface area (Å²) in [6.07, 6.45) is -2.99. The van der Waals surface area contributed by atoms with Crippen LogP contribution in [0, 0.1) is 5.41 Å². The molecule has 1 amide bonds. The SMILES string of the molecule is C=Cc1ccc(CC(=O)O)cc1Oc1ccc(NC(=O)C(C)(C)C)cc1CSCC(F)(F)F. The summed E-state index contributed by atoms with van der Waals surface area (Å²) in [7, 11) is 0. The number of carbonyl (C=O) groups excluding carboxylic acids is 1. The number of rotatable bonds is 9. The summed E-state index contributed by atoms with van der Waals surface area (Å²) < 4.78 is 44.0. The van der Waals surface area contributed by atoms with Gasteiger partial charge in [-0.2, -0.15) is 13.2 Å². The predicted octanol–water partition coefficient (Wildman–Crippen LogP) is 6.53. The number of amides is 1. The van der Waals surface area contributed by atoms with Crippen LogP contribution in [-0.2, 0) is 21.8 Å². The van der Waals surface area contributed by atoms with Gasteiger partial charge in [0.1, 0.15) is 11.5 Å². The van der Waals surface area contributed by atoms with Gasteiger partial charge in [-0.1, -0.05) is 45.6 Å². The molecule has 0 aliphatic heterocycles. The Balaban J connectivity index is 2.38. The van der Waals surface area contributed by atoms with Crippen molar-refractivity contribution in [1.82, 2.24) is 0 Å². The Kier molecular flexibility index (Phi) is 8.60. The van der Waals surface area contributed by atoms with Gasteiger partial charge in [-0.25, -0.2) is 0 Å². The summed E-state index contributed by atoms with van der Waals surface area (Å²) in [5.74, 6) is -1.65. The van der Waals surface area contributed by atoms with Crippen molar-refractivity contribution in [2.75, 3.05) is 11.1 Å². The first-order valence-electron chi connectivity index (χ1n) is 10.0. The van der Waals surface area contributed by atoms with Gasteiger partial charge in [0, 0.05) is 28.0 Å². The zero-order valence-corrected chi connectivity index (χ0v) is 19.4. The average molecular weight is 482 g/mol. The van der Waals surface area contributed by atoms with Crippen molar-refractivity contribution in [2.45, 2.75) is 39.1 Å². The van der Waals surface area contributed by atoms with Gasteiger partial charge in [0.15, 0.2) is 0 Å². The number of hydrogen-bond acceptors (Lipinski definition) is 4. The summed E-state index contributed by atoms with van der Waals surface area (Å²) in [6.45, 7) is 8.97. The zero-order valence-electron chi connectivity index (χ0n) is 18.6. The normalized spacial score (nSPS) is 11.7. The quantitative estimate of drug-likeness (QED) is 0.426. The van der Waals surface area contributed by atoms with Gasteiger partial charge < -0.3 is 15.2 Å². The van der Waals surface area contributed by atoms with Crippen LogP contribution in [0.1, 0.15) is 37.5 Å². The number of anilines is 1. The van der Waals surface area contributed by atoms with Crippen molar-refractivity contribution in [1.29, 1.82) is 0 Å². The number of aliphatic carboxylic acids is 1. The molecule has 0 saturated heterocycles. The minimum atomic E-state index is -4.31. The Morgan fingerprint density at radius 2 is 1.82 bits per heavy atom. The lowest BCUT2D eigenvalue weighted by molar-refractivity contribution is -0.136. The van der Waals surface area contributed by atoms with E-state index in [1.165, 1.54) is 6.08 Å². The highest BCUT2D eigenvalue weighted by molar-refractivity contribution is 7.98. The fourth-order valence-electron chi connectivity index (χ4n) is 2.70. The van der Waals surface area contributed by atoms with Crippen LogP contribution in [0.4, 0.5) is 18.9 Å². The molecule has 33 heavy (non-hydrogen) atoms. The maximum atomic E-state index is 12.7. The topological polar surface area (TPSA) is 75.6 Å². The van der Waals surface area contributed by atoms with Gasteiger partial charge in [0.2, 0.25) is 5.91 Å². The summed E-state index contributed by atoms with van der Waals surface area (Å²) in [4.78, 5) is 23.4. The molecule has 0 heterocycles. The second kappa shape index (κ2) is 10.8. The monoisotopic (exact) mass is 481 g/mol. The lowest BCUT2D eigenvalue weighted by Crippen LogP contribution is -2.27. The Morgan fingerprint density at radius 3 is 2.39 bits per heavy atom. The van der Waals surface area contributed by atoms with E-state index in [-0.39, 0.29) is 18.1 Å². The third kappa shape index (κ3) is 8.49. The van der Waals surface area contributed by atoms with Crippen LogP contribution in [-0.4, -0.2) is 28.9 Å². The molecule has 0 aliphatic rings. The predicted molar refractivity (Wildman–Crippen MR) is 125 cm³/mol. The molecule has 0 saturated carbocycles. The number of thioether (sulfide) groups is 1. The number of halogens is 3. The maximum Gasteiger partial charge on any atom is 0.397 e. The van der Waals surface area contributed by atoms with E-state index in [0.29, 0.717) is 45.6 Å². The molecule has 0 bridgehead atoms. The van der Waals surface area contributed by atoms with E-state index in [1.54, 1.807) is 57.2 Å². The number of alkyl halides is 3. The van der Waals surface area contributed by atoms with Crippen molar-refractivity contribution < 1.29 is 32.6 Å². The molecule has 2 rings (SSSR count). The molecule has 2 N–H and O–H groups in total. The van der Waals surface area contributed by atoms with E-state index < -0.39 is 23.3 Å². The number of nitrogens with one attached hydrogen (secondary N) is 1. The van der Waals surface area contributed by atoms with Gasteiger partial charge in [0.05, 0.1) is 12.2 Å². The molecule has 0 unspecified atom stereocenters. The lowest BCUT2D eigenvalue weighted by Gasteiger charge is -2.19. The Morgan fingerprint density at radius 1 is 1.12 bits per heavy atom.